The molecule has 0 rings (SSSR count). The number of ether oxygens (including phenoxy) is 4. The molecule has 0 heterocycles. The minimum Gasteiger partial charge on any atom is -0.462 e. The zero-order valence-corrected chi connectivity index (χ0v) is 64.1. The number of phosphoric ester groups is 2. The molecule has 17 nitrogen and oxygen atoms in total. The number of hydrogen-bond acceptors (Lipinski definition) is 15. The first kappa shape index (κ1) is 94.1. The van der Waals surface area contributed by atoms with Gasteiger partial charge in [0.2, 0.25) is 0 Å². The Morgan fingerprint density at radius 2 is 0.417 bits per heavy atom. The summed E-state index contributed by atoms with van der Waals surface area (Å²) in [6, 6.07) is 0. The van der Waals surface area contributed by atoms with E-state index in [0.717, 1.165) is 103 Å². The van der Waals surface area contributed by atoms with Crippen LogP contribution in [0.1, 0.15) is 413 Å². The molecule has 0 aliphatic heterocycles. The Bertz CT molecular complexity index is 1830. The lowest BCUT2D eigenvalue weighted by Gasteiger charge is -2.21. The van der Waals surface area contributed by atoms with Gasteiger partial charge in [-0.15, -0.1) is 0 Å². The van der Waals surface area contributed by atoms with E-state index in [4.69, 9.17) is 37.0 Å². The molecule has 570 valence electrons. The van der Waals surface area contributed by atoms with Crippen molar-refractivity contribution in [3.8, 4) is 0 Å². The van der Waals surface area contributed by atoms with Gasteiger partial charge in [0, 0.05) is 25.7 Å². The molecule has 0 radical (unpaired) electrons. The number of phosphoric acid groups is 2. The van der Waals surface area contributed by atoms with Crippen molar-refractivity contribution < 1.29 is 80.2 Å². The molecule has 0 saturated carbocycles. The van der Waals surface area contributed by atoms with Crippen LogP contribution in [0, 0.1) is 0 Å². The Kier molecular flexibility index (Phi) is 70.0. The molecular formula is C77H150O17P2. The molecule has 0 aromatic heterocycles. The van der Waals surface area contributed by atoms with Crippen molar-refractivity contribution in [3.05, 3.63) is 0 Å². The van der Waals surface area contributed by atoms with Crippen molar-refractivity contribution >= 4 is 39.5 Å². The smallest absolute Gasteiger partial charge is 0.462 e. The summed E-state index contributed by atoms with van der Waals surface area (Å²) < 4.78 is 68.4. The number of aliphatic hydroxyl groups is 1. The monoisotopic (exact) mass is 1410 g/mol. The van der Waals surface area contributed by atoms with E-state index in [0.29, 0.717) is 25.7 Å². The van der Waals surface area contributed by atoms with Gasteiger partial charge in [-0.2, -0.15) is 0 Å². The van der Waals surface area contributed by atoms with Gasteiger partial charge >= 0.3 is 39.5 Å². The van der Waals surface area contributed by atoms with Gasteiger partial charge in [-0.1, -0.05) is 362 Å². The lowest BCUT2D eigenvalue weighted by atomic mass is 10.0. The first-order valence-corrected chi connectivity index (χ1v) is 43.3. The van der Waals surface area contributed by atoms with E-state index in [9.17, 15) is 43.2 Å². The predicted molar refractivity (Wildman–Crippen MR) is 391 cm³/mol. The SMILES string of the molecule is CCCCCCCCCCCCCCCCCCCCCCC(=O)O[C@H](COC(=O)CCCCCCCCCCCCCCCCCCCC)COP(=O)(O)OC[C@@H](O)COP(=O)(O)OC[C@@H](COC(=O)CCCCCCCCC)OC(=O)CCCCCCCCCCCCC. The average molecular weight is 1410 g/mol. The van der Waals surface area contributed by atoms with Crippen molar-refractivity contribution in [2.45, 2.75) is 431 Å². The standard InChI is InChI=1S/C77H150O17P2/c1-5-9-13-17-21-24-27-29-31-33-35-36-38-40-42-45-48-52-56-60-64-77(82)94-73(68-88-75(80)62-58-54-50-46-44-41-39-37-34-32-30-28-25-22-18-14-10-6-2)70-92-96(85,86)90-66-71(78)65-89-95(83,84)91-69-72(67-87-74(79)61-57-53-49-20-16-12-8-4)93-76(81)63-59-55-51-47-43-26-23-19-15-11-7-3/h71-73,78H,5-70H2,1-4H3,(H,83,84)(H,85,86)/t71-,72+,73+/m0/s1. The number of carbonyl (C=O) groups excluding carboxylic acids is 4. The van der Waals surface area contributed by atoms with Crippen molar-refractivity contribution in [1.29, 1.82) is 0 Å². The van der Waals surface area contributed by atoms with Gasteiger partial charge < -0.3 is 33.8 Å². The zero-order chi connectivity index (χ0) is 70.4. The second-order valence-corrected chi connectivity index (χ2v) is 30.7. The zero-order valence-electron chi connectivity index (χ0n) is 62.4. The van der Waals surface area contributed by atoms with Gasteiger partial charge in [0.25, 0.3) is 0 Å². The van der Waals surface area contributed by atoms with Crippen molar-refractivity contribution in [3.63, 3.8) is 0 Å². The Hall–Kier alpha value is -1.94. The molecule has 0 saturated heterocycles. The van der Waals surface area contributed by atoms with Crippen LogP contribution in [0.3, 0.4) is 0 Å². The number of rotatable bonds is 78. The number of carbonyl (C=O) groups is 4. The largest absolute Gasteiger partial charge is 0.472 e. The normalized spacial score (nSPS) is 13.9. The minimum absolute atomic E-state index is 0.107. The first-order chi connectivity index (χ1) is 46.7. The van der Waals surface area contributed by atoms with Gasteiger partial charge in [0.05, 0.1) is 26.4 Å². The molecule has 0 spiro atoms. The van der Waals surface area contributed by atoms with Crippen LogP contribution in [-0.2, 0) is 65.4 Å². The lowest BCUT2D eigenvalue weighted by molar-refractivity contribution is -0.161. The number of aliphatic hydroxyl groups excluding tert-OH is 1. The van der Waals surface area contributed by atoms with Crippen LogP contribution < -0.4 is 0 Å². The second kappa shape index (κ2) is 71.5. The van der Waals surface area contributed by atoms with E-state index in [-0.39, 0.29) is 25.7 Å². The molecular weight excluding hydrogens is 1260 g/mol. The third-order valence-electron chi connectivity index (χ3n) is 18.1. The van der Waals surface area contributed by atoms with E-state index in [1.165, 1.54) is 231 Å². The fourth-order valence-corrected chi connectivity index (χ4v) is 13.5. The molecule has 0 bridgehead atoms. The topological polar surface area (TPSA) is 237 Å². The third-order valence-corrected chi connectivity index (χ3v) is 20.0. The van der Waals surface area contributed by atoms with E-state index < -0.39 is 97.5 Å². The Labute approximate surface area is 588 Å². The van der Waals surface area contributed by atoms with Crippen molar-refractivity contribution in [2.24, 2.45) is 0 Å². The second-order valence-electron chi connectivity index (χ2n) is 27.7. The summed E-state index contributed by atoms with van der Waals surface area (Å²) in [5, 5.41) is 10.6. The molecule has 0 fully saturated rings. The maximum atomic E-state index is 13.1. The van der Waals surface area contributed by atoms with Crippen LogP contribution in [-0.4, -0.2) is 96.7 Å². The van der Waals surface area contributed by atoms with Gasteiger partial charge in [-0.05, 0) is 25.7 Å². The maximum Gasteiger partial charge on any atom is 0.472 e. The molecule has 0 aliphatic rings. The van der Waals surface area contributed by atoms with Crippen LogP contribution in [0.15, 0.2) is 0 Å². The van der Waals surface area contributed by atoms with Crippen LogP contribution >= 0.6 is 15.6 Å². The fourth-order valence-electron chi connectivity index (χ4n) is 11.9. The molecule has 19 heteroatoms. The summed E-state index contributed by atoms with van der Waals surface area (Å²) in [4.78, 5) is 72.7. The number of esters is 4. The van der Waals surface area contributed by atoms with Gasteiger partial charge in [0.15, 0.2) is 12.2 Å². The Morgan fingerprint density at radius 3 is 0.615 bits per heavy atom. The molecule has 5 atom stereocenters. The number of hydrogen-bond donors (Lipinski definition) is 3. The minimum atomic E-state index is -4.96. The molecule has 96 heavy (non-hydrogen) atoms. The Balaban J connectivity index is 5.16. The number of unbranched alkanes of at least 4 members (excludes halogenated alkanes) is 52. The van der Waals surface area contributed by atoms with Crippen molar-refractivity contribution in [2.75, 3.05) is 39.6 Å². The predicted octanol–water partition coefficient (Wildman–Crippen LogP) is 23.0. The summed E-state index contributed by atoms with van der Waals surface area (Å²) in [5.41, 5.74) is 0. The summed E-state index contributed by atoms with van der Waals surface area (Å²) >= 11 is 0. The van der Waals surface area contributed by atoms with Crippen LogP contribution in [0.2, 0.25) is 0 Å². The summed E-state index contributed by atoms with van der Waals surface area (Å²) in [7, 11) is -9.90. The quantitative estimate of drug-likeness (QED) is 0.0222. The molecule has 2 unspecified atom stereocenters. The maximum absolute atomic E-state index is 13.1. The van der Waals surface area contributed by atoms with E-state index >= 15 is 0 Å². The Morgan fingerprint density at radius 1 is 0.250 bits per heavy atom. The average Bonchev–Trinajstić information content (AvgIpc) is 1.24. The van der Waals surface area contributed by atoms with E-state index in [2.05, 4.69) is 27.7 Å². The first-order valence-electron chi connectivity index (χ1n) is 40.3. The highest BCUT2D eigenvalue weighted by molar-refractivity contribution is 7.47. The molecule has 0 aliphatic carbocycles. The molecule has 0 amide bonds. The van der Waals surface area contributed by atoms with E-state index in [1.807, 2.05) is 0 Å². The lowest BCUT2D eigenvalue weighted by Crippen LogP contribution is -2.30. The molecule has 0 aromatic carbocycles. The van der Waals surface area contributed by atoms with Gasteiger partial charge in [-0.3, -0.25) is 37.3 Å². The highest BCUT2D eigenvalue weighted by Crippen LogP contribution is 2.45. The van der Waals surface area contributed by atoms with Gasteiger partial charge in [-0.25, -0.2) is 9.13 Å². The third kappa shape index (κ3) is 70.5. The summed E-state index contributed by atoms with van der Waals surface area (Å²) in [6.45, 7) is 4.95. The highest BCUT2D eigenvalue weighted by atomic mass is 31.2. The summed E-state index contributed by atoms with van der Waals surface area (Å²) in [5.74, 6) is -2.12. The molecule has 0 aromatic rings. The fraction of sp³-hybridized carbons (Fsp3) is 0.948. The van der Waals surface area contributed by atoms with Crippen molar-refractivity contribution in [1.82, 2.24) is 0 Å². The highest BCUT2D eigenvalue weighted by Gasteiger charge is 2.30. The van der Waals surface area contributed by atoms with Crippen LogP contribution in [0.4, 0.5) is 0 Å². The van der Waals surface area contributed by atoms with Gasteiger partial charge in [0.1, 0.15) is 19.3 Å². The summed E-state index contributed by atoms with van der Waals surface area (Å²) in [6.07, 6.45) is 62.7. The van der Waals surface area contributed by atoms with Crippen LogP contribution in [0.25, 0.3) is 0 Å². The van der Waals surface area contributed by atoms with E-state index in [1.54, 1.807) is 0 Å². The molecule has 3 N–H and O–H groups in total. The van der Waals surface area contributed by atoms with Crippen LogP contribution in [0.5, 0.6) is 0 Å².